The lowest BCUT2D eigenvalue weighted by atomic mass is 10.1. The first kappa shape index (κ1) is 27.8. The molecule has 8 nitrogen and oxygen atoms in total. The van der Waals surface area contributed by atoms with Crippen molar-refractivity contribution in [3.05, 3.63) is 15.3 Å². The molecule has 0 bridgehead atoms. The SMILES string of the molecule is CCCCCCCCCCCC(=O)NCCC[N+](C)(C)CCO.O=[N+]([O-])[O-]. The van der Waals surface area contributed by atoms with Gasteiger partial charge in [-0.3, -0.25) is 4.79 Å². The monoisotopic (exact) mass is 391 g/mol. The van der Waals surface area contributed by atoms with E-state index in [0.29, 0.717) is 6.42 Å². The number of quaternary nitrogens is 1. The normalized spacial score (nSPS) is 10.8. The maximum atomic E-state index is 11.7. The third-order valence-corrected chi connectivity index (χ3v) is 4.48. The minimum atomic E-state index is -1.75. The van der Waals surface area contributed by atoms with Crippen molar-refractivity contribution in [2.24, 2.45) is 0 Å². The van der Waals surface area contributed by atoms with Crippen molar-refractivity contribution in [3.63, 3.8) is 0 Å². The minimum Gasteiger partial charge on any atom is -0.391 e. The van der Waals surface area contributed by atoms with E-state index in [1.807, 2.05) is 0 Å². The van der Waals surface area contributed by atoms with E-state index in [1.54, 1.807) is 0 Å². The van der Waals surface area contributed by atoms with Gasteiger partial charge in [-0.2, -0.15) is 0 Å². The van der Waals surface area contributed by atoms with Gasteiger partial charge in [-0.05, 0) is 6.42 Å². The Labute approximate surface area is 164 Å². The Balaban J connectivity index is 0. The summed E-state index contributed by atoms with van der Waals surface area (Å²) in [5.74, 6) is 0.195. The molecule has 0 fully saturated rings. The summed E-state index contributed by atoms with van der Waals surface area (Å²) in [7, 11) is 4.22. The van der Waals surface area contributed by atoms with Gasteiger partial charge in [0.05, 0.1) is 32.3 Å². The second kappa shape index (κ2) is 19.4. The highest BCUT2D eigenvalue weighted by Gasteiger charge is 2.13. The Kier molecular flexibility index (Phi) is 19.9. The number of rotatable bonds is 16. The molecule has 0 aromatic heterocycles. The quantitative estimate of drug-likeness (QED) is 0.181. The zero-order chi connectivity index (χ0) is 21.0. The zero-order valence-electron chi connectivity index (χ0n) is 17.6. The summed E-state index contributed by atoms with van der Waals surface area (Å²) in [5, 5.41) is 26.7. The molecular formula is C19H41N3O5. The van der Waals surface area contributed by atoms with Gasteiger partial charge < -0.3 is 30.2 Å². The van der Waals surface area contributed by atoms with Gasteiger partial charge >= 0.3 is 0 Å². The number of amides is 1. The van der Waals surface area contributed by atoms with Crippen LogP contribution in [0.5, 0.6) is 0 Å². The van der Waals surface area contributed by atoms with Gasteiger partial charge in [0.1, 0.15) is 6.54 Å². The zero-order valence-corrected chi connectivity index (χ0v) is 17.6. The van der Waals surface area contributed by atoms with Crippen LogP contribution in [-0.4, -0.2) is 60.9 Å². The van der Waals surface area contributed by atoms with Gasteiger partial charge in [0.25, 0.3) is 0 Å². The number of unbranched alkanes of at least 4 members (excludes halogenated alkanes) is 8. The largest absolute Gasteiger partial charge is 0.391 e. The maximum Gasteiger partial charge on any atom is 0.219 e. The summed E-state index contributed by atoms with van der Waals surface area (Å²) >= 11 is 0. The van der Waals surface area contributed by atoms with Crippen LogP contribution >= 0.6 is 0 Å². The van der Waals surface area contributed by atoms with E-state index < -0.39 is 5.09 Å². The summed E-state index contributed by atoms with van der Waals surface area (Å²) in [6.07, 6.45) is 13.2. The van der Waals surface area contributed by atoms with Crippen molar-refractivity contribution in [2.75, 3.05) is 40.3 Å². The second-order valence-electron chi connectivity index (χ2n) is 7.61. The van der Waals surface area contributed by atoms with Crippen LogP contribution in [-0.2, 0) is 4.79 Å². The number of nitrogens with zero attached hydrogens (tertiary/aromatic N) is 2. The van der Waals surface area contributed by atoms with E-state index in [2.05, 4.69) is 26.3 Å². The molecule has 0 unspecified atom stereocenters. The summed E-state index contributed by atoms with van der Waals surface area (Å²) in [4.78, 5) is 20.0. The Bertz CT molecular complexity index is 361. The molecule has 0 atom stereocenters. The average Bonchev–Trinajstić information content (AvgIpc) is 2.57. The van der Waals surface area contributed by atoms with Crippen molar-refractivity contribution < 1.29 is 19.5 Å². The summed E-state index contributed by atoms with van der Waals surface area (Å²) < 4.78 is 0.810. The minimum absolute atomic E-state index is 0.195. The molecule has 0 aliphatic rings. The number of nitrogens with one attached hydrogen (secondary N) is 1. The van der Waals surface area contributed by atoms with Gasteiger partial charge in [0.15, 0.2) is 0 Å². The van der Waals surface area contributed by atoms with Crippen LogP contribution in [0.15, 0.2) is 0 Å². The fourth-order valence-corrected chi connectivity index (χ4v) is 2.80. The van der Waals surface area contributed by atoms with E-state index in [0.717, 1.165) is 37.0 Å². The van der Waals surface area contributed by atoms with Crippen molar-refractivity contribution in [2.45, 2.75) is 77.6 Å². The number of likely N-dealkylation sites (N-methyl/N-ethyl adjacent to an activating group) is 1. The Morgan fingerprint density at radius 1 is 0.926 bits per heavy atom. The summed E-state index contributed by atoms with van der Waals surface area (Å²) in [6, 6.07) is 0. The van der Waals surface area contributed by atoms with Crippen molar-refractivity contribution in [1.82, 2.24) is 5.32 Å². The molecule has 0 aromatic rings. The first-order chi connectivity index (χ1) is 12.7. The number of carbonyl (C=O) groups is 1. The van der Waals surface area contributed by atoms with Crippen LogP contribution in [0.25, 0.3) is 0 Å². The predicted molar refractivity (Wildman–Crippen MR) is 109 cm³/mol. The van der Waals surface area contributed by atoms with E-state index in [1.165, 1.54) is 51.4 Å². The first-order valence-electron chi connectivity index (χ1n) is 10.3. The van der Waals surface area contributed by atoms with Crippen LogP contribution in [0, 0.1) is 15.3 Å². The van der Waals surface area contributed by atoms with E-state index >= 15 is 0 Å². The van der Waals surface area contributed by atoms with Crippen LogP contribution in [0.3, 0.4) is 0 Å². The highest BCUT2D eigenvalue weighted by Crippen LogP contribution is 2.10. The lowest BCUT2D eigenvalue weighted by molar-refractivity contribution is -0.890. The second-order valence-corrected chi connectivity index (χ2v) is 7.61. The van der Waals surface area contributed by atoms with Crippen LogP contribution < -0.4 is 5.32 Å². The topological polar surface area (TPSA) is 116 Å². The molecule has 0 saturated heterocycles. The first-order valence-corrected chi connectivity index (χ1v) is 10.3. The van der Waals surface area contributed by atoms with E-state index in [-0.39, 0.29) is 12.5 Å². The number of aliphatic hydroxyl groups excluding tert-OH is 1. The Morgan fingerprint density at radius 3 is 1.89 bits per heavy atom. The molecule has 1 amide bonds. The lowest BCUT2D eigenvalue weighted by Crippen LogP contribution is -2.43. The fraction of sp³-hybridized carbons (Fsp3) is 0.947. The van der Waals surface area contributed by atoms with Crippen LogP contribution in [0.2, 0.25) is 0 Å². The standard InChI is InChI=1S/C19H40N2O2.NO3/c1-4-5-6-7-8-9-10-11-12-14-19(23)20-15-13-16-21(2,3)17-18-22;2-1(3)4/h22H,4-18H2,1-3H3;/q;-1/p+1. The molecule has 0 aliphatic carbocycles. The van der Waals surface area contributed by atoms with Gasteiger partial charge in [-0.1, -0.05) is 58.3 Å². The van der Waals surface area contributed by atoms with Crippen molar-refractivity contribution in [1.29, 1.82) is 0 Å². The maximum absolute atomic E-state index is 11.7. The van der Waals surface area contributed by atoms with Gasteiger partial charge in [-0.15, -0.1) is 0 Å². The van der Waals surface area contributed by atoms with Gasteiger partial charge in [-0.25, -0.2) is 0 Å². The number of hydrogen-bond acceptors (Lipinski definition) is 5. The molecule has 0 radical (unpaired) electrons. The van der Waals surface area contributed by atoms with Crippen molar-refractivity contribution >= 4 is 5.91 Å². The number of aliphatic hydroxyl groups is 1. The van der Waals surface area contributed by atoms with Gasteiger partial charge in [0, 0.05) is 19.4 Å². The number of carbonyl (C=O) groups excluding carboxylic acids is 1. The van der Waals surface area contributed by atoms with Crippen molar-refractivity contribution in [3.8, 4) is 0 Å². The van der Waals surface area contributed by atoms with Crippen LogP contribution in [0.1, 0.15) is 77.6 Å². The van der Waals surface area contributed by atoms with Crippen LogP contribution in [0.4, 0.5) is 0 Å². The fourth-order valence-electron chi connectivity index (χ4n) is 2.80. The van der Waals surface area contributed by atoms with E-state index in [4.69, 9.17) is 20.4 Å². The molecule has 2 N–H and O–H groups in total. The molecule has 27 heavy (non-hydrogen) atoms. The highest BCUT2D eigenvalue weighted by molar-refractivity contribution is 5.75. The molecule has 0 saturated carbocycles. The highest BCUT2D eigenvalue weighted by atomic mass is 16.9. The molecule has 0 heterocycles. The summed E-state index contributed by atoms with van der Waals surface area (Å²) in [5.41, 5.74) is 0. The Morgan fingerprint density at radius 2 is 1.41 bits per heavy atom. The van der Waals surface area contributed by atoms with Gasteiger partial charge in [0.2, 0.25) is 5.91 Å². The molecule has 0 rings (SSSR count). The Hall–Kier alpha value is -1.41. The molecule has 0 aromatic carbocycles. The third kappa shape index (κ3) is 26.9. The molecule has 0 aliphatic heterocycles. The van der Waals surface area contributed by atoms with E-state index in [9.17, 15) is 4.79 Å². The third-order valence-electron chi connectivity index (χ3n) is 4.48. The molecule has 8 heteroatoms. The molecule has 0 spiro atoms. The number of hydrogen-bond donors (Lipinski definition) is 2. The molecule has 162 valence electrons. The lowest BCUT2D eigenvalue weighted by Gasteiger charge is -2.28. The summed E-state index contributed by atoms with van der Waals surface area (Å²) in [6.45, 7) is 4.98. The molecular weight excluding hydrogens is 350 g/mol. The predicted octanol–water partition coefficient (Wildman–Crippen LogP) is 3.24. The smallest absolute Gasteiger partial charge is 0.219 e. The average molecular weight is 392 g/mol.